The lowest BCUT2D eigenvalue weighted by molar-refractivity contribution is 0.305. The molecule has 0 fully saturated rings. The Bertz CT molecular complexity index is 2300. The zero-order chi connectivity index (χ0) is 40.4. The summed E-state index contributed by atoms with van der Waals surface area (Å²) in [5.41, 5.74) is 10.8. The van der Waals surface area contributed by atoms with E-state index in [9.17, 15) is 0 Å². The average Bonchev–Trinajstić information content (AvgIpc) is 3.63. The summed E-state index contributed by atoms with van der Waals surface area (Å²) in [5, 5.41) is 4.91. The topological polar surface area (TPSA) is 18.5 Å². The van der Waals surface area contributed by atoms with Crippen LogP contribution in [-0.4, -0.2) is 13.2 Å². The van der Waals surface area contributed by atoms with E-state index in [1.807, 2.05) is 22.7 Å². The molecular weight excluding hydrogens is 721 g/mol. The second-order valence-electron chi connectivity index (χ2n) is 18.1. The fraction of sp³-hybridized carbons (Fsp3) is 0.462. The number of benzene rings is 4. The Balaban J connectivity index is 1.50. The number of thiophene rings is 2. The first-order chi connectivity index (χ1) is 26.6. The molecule has 6 aromatic rings. The van der Waals surface area contributed by atoms with E-state index in [0.717, 1.165) is 30.9 Å². The van der Waals surface area contributed by atoms with Crippen molar-refractivity contribution in [3.8, 4) is 42.8 Å². The molecule has 0 N–H and O–H groups in total. The Morgan fingerprint density at radius 2 is 1.12 bits per heavy atom. The first kappa shape index (κ1) is 42.0. The zero-order valence-electron chi connectivity index (χ0n) is 36.5. The standard InChI is InChI=1S/C52H66O2S2/c1-13-15-17-19-27-53-41-24-21-38-30-40(51(7,8)9)31-44(43(38)32-41)46-42-25-22-39(29-37(42)23-26-45(46)54-28-20-18-16-14-2)47-33(3)34(4)48(55-47)49-35(5)36(6)50(56-49)52(10,11)12/h21-26,29-32H,13-20,27-28H2,1-12H3. The van der Waals surface area contributed by atoms with E-state index < -0.39 is 0 Å². The molecule has 0 bridgehead atoms. The van der Waals surface area contributed by atoms with Crippen LogP contribution in [0, 0.1) is 27.7 Å². The van der Waals surface area contributed by atoms with Crippen molar-refractivity contribution in [3.63, 3.8) is 0 Å². The summed E-state index contributed by atoms with van der Waals surface area (Å²) in [6, 6.07) is 23.1. The molecule has 4 heteroatoms. The SMILES string of the molecule is CCCCCCOc1ccc2cc(C(C)(C)C)cc(-c3c(OCCCCCC)ccc4cc(-c5sc(-c6sc(C(C)(C)C)c(C)c6C)c(C)c5C)ccc34)c2c1. The maximum Gasteiger partial charge on any atom is 0.127 e. The van der Waals surface area contributed by atoms with Crippen LogP contribution in [0.2, 0.25) is 0 Å². The molecule has 298 valence electrons. The van der Waals surface area contributed by atoms with Gasteiger partial charge in [0.05, 0.1) is 13.2 Å². The molecule has 0 saturated heterocycles. The number of rotatable bonds is 15. The number of ether oxygens (including phenoxy) is 2. The maximum atomic E-state index is 6.77. The summed E-state index contributed by atoms with van der Waals surface area (Å²) in [6.45, 7) is 29.2. The Labute approximate surface area is 346 Å². The van der Waals surface area contributed by atoms with Crippen LogP contribution in [0.4, 0.5) is 0 Å². The lowest BCUT2D eigenvalue weighted by atomic mass is 9.82. The molecule has 4 aromatic carbocycles. The van der Waals surface area contributed by atoms with Crippen molar-refractivity contribution in [2.24, 2.45) is 0 Å². The van der Waals surface area contributed by atoms with Gasteiger partial charge in [-0.25, -0.2) is 0 Å². The molecule has 0 amide bonds. The highest BCUT2D eigenvalue weighted by atomic mass is 32.1. The first-order valence-corrected chi connectivity index (χ1v) is 22.9. The van der Waals surface area contributed by atoms with Crippen LogP contribution in [0.3, 0.4) is 0 Å². The molecule has 0 aliphatic carbocycles. The van der Waals surface area contributed by atoms with Gasteiger partial charge < -0.3 is 9.47 Å². The van der Waals surface area contributed by atoms with Gasteiger partial charge in [0.25, 0.3) is 0 Å². The molecule has 0 aliphatic rings. The maximum absolute atomic E-state index is 6.77. The first-order valence-electron chi connectivity index (χ1n) is 21.3. The number of hydrogen-bond donors (Lipinski definition) is 0. The van der Waals surface area contributed by atoms with Crippen LogP contribution in [0.5, 0.6) is 11.5 Å². The van der Waals surface area contributed by atoms with E-state index in [0.29, 0.717) is 6.61 Å². The summed E-state index contributed by atoms with van der Waals surface area (Å²) in [7, 11) is 0. The van der Waals surface area contributed by atoms with Gasteiger partial charge in [-0.3, -0.25) is 0 Å². The van der Waals surface area contributed by atoms with E-state index in [1.165, 1.54) is 124 Å². The van der Waals surface area contributed by atoms with Gasteiger partial charge in [0.15, 0.2) is 0 Å². The van der Waals surface area contributed by atoms with Gasteiger partial charge in [0.1, 0.15) is 11.5 Å². The molecule has 2 heterocycles. The molecule has 0 radical (unpaired) electrons. The quantitative estimate of drug-likeness (QED) is 0.0965. The summed E-state index contributed by atoms with van der Waals surface area (Å²) in [5.74, 6) is 1.90. The fourth-order valence-electron chi connectivity index (χ4n) is 7.96. The summed E-state index contributed by atoms with van der Waals surface area (Å²) in [4.78, 5) is 5.70. The lowest BCUT2D eigenvalue weighted by Gasteiger charge is -2.23. The number of fused-ring (bicyclic) bond motifs is 2. The van der Waals surface area contributed by atoms with E-state index in [-0.39, 0.29) is 10.8 Å². The monoisotopic (exact) mass is 786 g/mol. The number of unbranched alkanes of at least 4 members (excludes halogenated alkanes) is 6. The summed E-state index contributed by atoms with van der Waals surface area (Å²) >= 11 is 3.95. The van der Waals surface area contributed by atoms with Crippen LogP contribution in [-0.2, 0) is 10.8 Å². The van der Waals surface area contributed by atoms with Gasteiger partial charge in [-0.1, -0.05) is 124 Å². The molecule has 0 unspecified atom stereocenters. The van der Waals surface area contributed by atoms with E-state index in [1.54, 1.807) is 0 Å². The Hall–Kier alpha value is -3.60. The van der Waals surface area contributed by atoms with E-state index >= 15 is 0 Å². The second-order valence-corrected chi connectivity index (χ2v) is 20.2. The van der Waals surface area contributed by atoms with Crippen molar-refractivity contribution < 1.29 is 9.47 Å². The highest BCUT2D eigenvalue weighted by Gasteiger charge is 2.26. The zero-order valence-corrected chi connectivity index (χ0v) is 38.1. The van der Waals surface area contributed by atoms with Crippen molar-refractivity contribution in [1.29, 1.82) is 0 Å². The van der Waals surface area contributed by atoms with Gasteiger partial charge in [-0.2, -0.15) is 0 Å². The van der Waals surface area contributed by atoms with E-state index in [4.69, 9.17) is 9.47 Å². The highest BCUT2D eigenvalue weighted by molar-refractivity contribution is 7.24. The minimum Gasteiger partial charge on any atom is -0.494 e. The molecule has 0 spiro atoms. The molecule has 2 aromatic heterocycles. The Kier molecular flexibility index (Phi) is 13.1. The van der Waals surface area contributed by atoms with Crippen LogP contribution < -0.4 is 9.47 Å². The van der Waals surface area contributed by atoms with Crippen LogP contribution in [0.15, 0.2) is 60.7 Å². The third-order valence-electron chi connectivity index (χ3n) is 11.6. The smallest absolute Gasteiger partial charge is 0.127 e. The predicted octanol–water partition coefficient (Wildman–Crippen LogP) is 16.9. The Morgan fingerprint density at radius 3 is 1.77 bits per heavy atom. The minimum absolute atomic E-state index is 0.0182. The third-order valence-corrected chi connectivity index (χ3v) is 15.0. The normalized spacial score (nSPS) is 12.3. The fourth-order valence-corrected chi connectivity index (χ4v) is 10.9. The molecule has 6 rings (SSSR count). The van der Waals surface area contributed by atoms with Crippen LogP contribution in [0.25, 0.3) is 52.9 Å². The van der Waals surface area contributed by atoms with Gasteiger partial charge in [-0.05, 0) is 142 Å². The van der Waals surface area contributed by atoms with Crippen LogP contribution >= 0.6 is 22.7 Å². The van der Waals surface area contributed by atoms with E-state index in [2.05, 4.69) is 144 Å². The number of hydrogen-bond acceptors (Lipinski definition) is 4. The third kappa shape index (κ3) is 8.92. The molecule has 2 nitrogen and oxygen atoms in total. The summed E-state index contributed by atoms with van der Waals surface area (Å²) in [6.07, 6.45) is 9.47. The molecule has 0 atom stereocenters. The largest absolute Gasteiger partial charge is 0.494 e. The van der Waals surface area contributed by atoms with Crippen molar-refractivity contribution in [2.75, 3.05) is 13.2 Å². The van der Waals surface area contributed by atoms with Crippen molar-refractivity contribution >= 4 is 44.2 Å². The average molecular weight is 787 g/mol. The molecule has 56 heavy (non-hydrogen) atoms. The molecule has 0 aliphatic heterocycles. The lowest BCUT2D eigenvalue weighted by Crippen LogP contribution is -2.11. The molecular formula is C52H66O2S2. The van der Waals surface area contributed by atoms with Gasteiger partial charge >= 0.3 is 0 Å². The van der Waals surface area contributed by atoms with Gasteiger partial charge in [0.2, 0.25) is 0 Å². The Morgan fingerprint density at radius 1 is 0.518 bits per heavy atom. The van der Waals surface area contributed by atoms with Crippen molar-refractivity contribution in [3.05, 3.63) is 93.4 Å². The predicted molar refractivity (Wildman–Crippen MR) is 249 cm³/mol. The minimum atomic E-state index is -0.0182. The molecule has 0 saturated carbocycles. The van der Waals surface area contributed by atoms with Gasteiger partial charge in [-0.15, -0.1) is 22.7 Å². The second kappa shape index (κ2) is 17.5. The van der Waals surface area contributed by atoms with Crippen molar-refractivity contribution in [1.82, 2.24) is 0 Å². The summed E-state index contributed by atoms with van der Waals surface area (Å²) < 4.78 is 13.2. The van der Waals surface area contributed by atoms with Crippen molar-refractivity contribution in [2.45, 2.75) is 145 Å². The van der Waals surface area contributed by atoms with Gasteiger partial charge in [0, 0.05) is 25.1 Å². The highest BCUT2D eigenvalue weighted by Crippen LogP contribution is 2.50. The van der Waals surface area contributed by atoms with Crippen LogP contribution in [0.1, 0.15) is 139 Å².